The number of nitrogens with two attached hydrogens (primary N) is 1. The summed E-state index contributed by atoms with van der Waals surface area (Å²) < 4.78 is 52.9. The minimum atomic E-state index is -5.76. The maximum absolute atomic E-state index is 12.9. The highest BCUT2D eigenvalue weighted by Gasteiger charge is 2.63. The Bertz CT molecular complexity index is 2010. The van der Waals surface area contributed by atoms with Gasteiger partial charge in [-0.25, -0.2) is 18.5 Å². The molecule has 1 aliphatic heterocycles. The van der Waals surface area contributed by atoms with E-state index >= 15 is 0 Å². The van der Waals surface area contributed by atoms with Crippen molar-refractivity contribution >= 4 is 35.2 Å². The van der Waals surface area contributed by atoms with Crippen molar-refractivity contribution in [2.75, 3.05) is 18.9 Å². The average Bonchev–Trinajstić information content (AvgIpc) is 3.68. The van der Waals surface area contributed by atoms with Gasteiger partial charge in [-0.2, -0.15) is 13.6 Å². The molecule has 1 aromatic rings. The van der Waals surface area contributed by atoms with Crippen molar-refractivity contribution in [2.24, 2.45) is 46.3 Å². The van der Waals surface area contributed by atoms with E-state index in [2.05, 4.69) is 56.1 Å². The van der Waals surface area contributed by atoms with Gasteiger partial charge in [0, 0.05) is 19.0 Å². The number of rotatable bonds is 13. The van der Waals surface area contributed by atoms with Crippen LogP contribution in [0.2, 0.25) is 0 Å². The van der Waals surface area contributed by atoms with E-state index in [-0.39, 0.29) is 59.5 Å². The zero-order valence-electron chi connectivity index (χ0n) is 33.2. The Morgan fingerprint density at radius 2 is 1.76 bits per heavy atom. The number of anilines is 1. The molecule has 4 saturated carbocycles. The molecule has 6 rings (SSSR count). The first kappa shape index (κ1) is 46.5. The second kappa shape index (κ2) is 17.6. The SMILES string of the molecule is C[C@H](CCC(=O)NCC#Cc1cn([C@H]2C[C@H](O)[C@@H](COP(=O)(O)OP(=O)(O)OP(=O)(O)O)O2)c(=O)nc1N)[C@H]1CC[C@H]2[C@@H]3CC[C@@H]4C[C@H](O)CC[C@]4(C)[C@H]3C[C@H](O)[C@]12C. The molecule has 59 heavy (non-hydrogen) atoms. The van der Waals surface area contributed by atoms with Crippen LogP contribution in [-0.2, 0) is 36.4 Å². The van der Waals surface area contributed by atoms with Gasteiger partial charge in [0.05, 0.1) is 37.0 Å². The number of aliphatic hydroxyl groups excluding tert-OH is 3. The van der Waals surface area contributed by atoms with Gasteiger partial charge in [0.25, 0.3) is 0 Å². The largest absolute Gasteiger partial charge is 0.490 e. The summed E-state index contributed by atoms with van der Waals surface area (Å²) in [4.78, 5) is 65.7. The molecule has 1 saturated heterocycles. The number of fused-ring (bicyclic) bond motifs is 5. The number of ether oxygens (including phenoxy) is 1. The molecule has 332 valence electrons. The van der Waals surface area contributed by atoms with Crippen LogP contribution in [0.15, 0.2) is 11.0 Å². The molecule has 23 heteroatoms. The first-order valence-corrected chi connectivity index (χ1v) is 24.6. The smallest absolute Gasteiger partial charge is 0.393 e. The van der Waals surface area contributed by atoms with Crippen LogP contribution in [0.1, 0.15) is 103 Å². The van der Waals surface area contributed by atoms with Crippen molar-refractivity contribution in [3.8, 4) is 11.8 Å². The Morgan fingerprint density at radius 3 is 2.47 bits per heavy atom. The first-order valence-electron chi connectivity index (χ1n) is 20.0. The third-order valence-corrected chi connectivity index (χ3v) is 18.0. The van der Waals surface area contributed by atoms with Gasteiger partial charge >= 0.3 is 29.2 Å². The zero-order chi connectivity index (χ0) is 43.3. The normalized spacial score (nSPS) is 38.1. The van der Waals surface area contributed by atoms with E-state index in [1.807, 2.05) is 0 Å². The van der Waals surface area contributed by atoms with Crippen LogP contribution >= 0.6 is 23.5 Å². The van der Waals surface area contributed by atoms with E-state index in [0.29, 0.717) is 36.0 Å². The van der Waals surface area contributed by atoms with E-state index in [0.717, 1.165) is 55.9 Å². The summed E-state index contributed by atoms with van der Waals surface area (Å²) in [5.74, 6) is 7.68. The van der Waals surface area contributed by atoms with Crippen LogP contribution in [0.25, 0.3) is 0 Å². The fourth-order valence-corrected chi connectivity index (χ4v) is 14.4. The van der Waals surface area contributed by atoms with Gasteiger partial charge < -0.3 is 50.7 Å². The standard InChI is InChI=1S/C36H57N4O16P3/c1-20(25-9-10-26-24-8-7-22-15-23(41)12-13-35(22,2)27(24)16-30(43)36(25,26)3)6-11-31(44)38-14-4-5-21-18-40(34(45)39-33(21)37)32-17-28(42)29(54-32)19-53-58(49,50)56-59(51,52)55-57(46,47)48/h18,20,22-30,32,41-43H,6-17,19H2,1-3H3,(H,38,44)(H,49,50)(H,51,52)(H2,37,39,45)(H2,46,47,48)/t20-,22-,23-,24+,25-,26+,27+,28+,29-,30+,32-,35+,36-/m1/s1. The highest BCUT2D eigenvalue weighted by Crippen LogP contribution is 2.69. The Balaban J connectivity index is 0.989. The summed E-state index contributed by atoms with van der Waals surface area (Å²) in [6.45, 7) is 5.91. The molecule has 0 aromatic carbocycles. The van der Waals surface area contributed by atoms with Crippen molar-refractivity contribution in [2.45, 2.75) is 122 Å². The second-order valence-electron chi connectivity index (χ2n) is 17.5. The predicted octanol–water partition coefficient (Wildman–Crippen LogP) is 2.69. The summed E-state index contributed by atoms with van der Waals surface area (Å²) >= 11 is 0. The zero-order valence-corrected chi connectivity index (χ0v) is 35.9. The Morgan fingerprint density at radius 1 is 1.03 bits per heavy atom. The van der Waals surface area contributed by atoms with Crippen LogP contribution in [0, 0.1) is 58.2 Å². The fourth-order valence-electron chi connectivity index (χ4n) is 11.4. The molecule has 2 heterocycles. The lowest BCUT2D eigenvalue weighted by atomic mass is 9.43. The number of aromatic nitrogens is 2. The Hall–Kier alpha value is -2.04. The maximum Gasteiger partial charge on any atom is 0.490 e. The van der Waals surface area contributed by atoms with Gasteiger partial charge in [-0.1, -0.05) is 32.6 Å². The third kappa shape index (κ3) is 10.3. The summed E-state index contributed by atoms with van der Waals surface area (Å²) in [6.07, 6.45) is 5.28. The molecule has 5 aliphatic rings. The molecule has 10 N–H and O–H groups in total. The van der Waals surface area contributed by atoms with E-state index in [1.54, 1.807) is 0 Å². The van der Waals surface area contributed by atoms with Gasteiger partial charge in [0.2, 0.25) is 5.91 Å². The van der Waals surface area contributed by atoms with Crippen molar-refractivity contribution in [1.82, 2.24) is 14.9 Å². The minimum absolute atomic E-state index is 0.0329. The number of aliphatic hydroxyl groups is 3. The number of amides is 1. The molecule has 0 radical (unpaired) electrons. The number of phosphoric acid groups is 3. The quantitative estimate of drug-likeness (QED) is 0.102. The van der Waals surface area contributed by atoms with Crippen molar-refractivity contribution in [3.05, 3.63) is 22.2 Å². The topological polar surface area (TPSA) is 320 Å². The minimum Gasteiger partial charge on any atom is -0.393 e. The number of nitrogen functional groups attached to an aromatic ring is 1. The molecule has 20 nitrogen and oxygen atoms in total. The summed E-state index contributed by atoms with van der Waals surface area (Å²) in [7, 11) is -16.8. The lowest BCUT2D eigenvalue weighted by Crippen LogP contribution is -2.58. The van der Waals surface area contributed by atoms with E-state index < -0.39 is 60.3 Å². The maximum atomic E-state index is 12.9. The molecule has 1 aromatic heterocycles. The average molecular weight is 895 g/mol. The lowest BCUT2D eigenvalue weighted by Gasteiger charge is -2.62. The van der Waals surface area contributed by atoms with E-state index in [4.69, 9.17) is 20.3 Å². The Kier molecular flexibility index (Phi) is 13.9. The second-order valence-corrected chi connectivity index (χ2v) is 21.9. The third-order valence-electron chi connectivity index (χ3n) is 14.2. The summed E-state index contributed by atoms with van der Waals surface area (Å²) in [6, 6.07) is 0. The molecule has 0 spiro atoms. The number of phosphoric ester groups is 1. The van der Waals surface area contributed by atoms with E-state index in [9.17, 15) is 48.4 Å². The first-order chi connectivity index (χ1) is 27.4. The van der Waals surface area contributed by atoms with Gasteiger partial charge in [0.15, 0.2) is 0 Å². The highest BCUT2D eigenvalue weighted by molar-refractivity contribution is 7.66. The fraction of sp³-hybridized carbons (Fsp3) is 0.806. The number of hydrogen-bond acceptors (Lipinski definition) is 14. The molecule has 1 amide bonds. The Labute approximate surface area is 342 Å². The van der Waals surface area contributed by atoms with Gasteiger partial charge in [-0.3, -0.25) is 13.9 Å². The number of hydrogen-bond donors (Lipinski definition) is 9. The van der Waals surface area contributed by atoms with Gasteiger partial charge in [0.1, 0.15) is 18.1 Å². The van der Waals surface area contributed by atoms with Crippen LogP contribution in [0.3, 0.4) is 0 Å². The molecule has 15 atom stereocenters. The number of carbonyl (C=O) groups excluding carboxylic acids is 1. The molecule has 5 fully saturated rings. The molecule has 2 unspecified atom stereocenters. The van der Waals surface area contributed by atoms with Gasteiger partial charge in [-0.15, -0.1) is 0 Å². The van der Waals surface area contributed by atoms with Crippen LogP contribution < -0.4 is 16.7 Å². The molecular formula is C36H57N4O16P3. The summed E-state index contributed by atoms with van der Waals surface area (Å²) in [5, 5.41) is 35.5. The van der Waals surface area contributed by atoms with Gasteiger partial charge in [-0.05, 0) is 104 Å². The van der Waals surface area contributed by atoms with Crippen molar-refractivity contribution in [1.29, 1.82) is 0 Å². The van der Waals surface area contributed by atoms with E-state index in [1.165, 1.54) is 6.20 Å². The van der Waals surface area contributed by atoms with Crippen LogP contribution in [-0.4, -0.2) is 87.9 Å². The van der Waals surface area contributed by atoms with Crippen LogP contribution in [0.5, 0.6) is 0 Å². The number of carbonyl (C=O) groups is 1. The lowest BCUT2D eigenvalue weighted by molar-refractivity contribution is -0.174. The summed E-state index contributed by atoms with van der Waals surface area (Å²) in [5.41, 5.74) is 5.11. The molecular weight excluding hydrogens is 837 g/mol. The highest BCUT2D eigenvalue weighted by atomic mass is 31.3. The molecule has 4 aliphatic carbocycles. The molecule has 0 bridgehead atoms. The van der Waals surface area contributed by atoms with Crippen LogP contribution in [0.4, 0.5) is 5.82 Å². The number of nitrogens with zero attached hydrogens (tertiary/aromatic N) is 2. The predicted molar refractivity (Wildman–Crippen MR) is 208 cm³/mol. The van der Waals surface area contributed by atoms with Crippen molar-refractivity contribution < 1.29 is 71.3 Å². The monoisotopic (exact) mass is 894 g/mol. The number of nitrogens with one attached hydrogen (secondary N) is 1. The van der Waals surface area contributed by atoms with Crippen molar-refractivity contribution in [3.63, 3.8) is 0 Å².